The summed E-state index contributed by atoms with van der Waals surface area (Å²) in [6, 6.07) is 57.4. The van der Waals surface area contributed by atoms with Crippen LogP contribution in [-0.4, -0.2) is 18.9 Å². The van der Waals surface area contributed by atoms with Gasteiger partial charge < -0.3 is 4.40 Å². The molecule has 13 rings (SSSR count). The summed E-state index contributed by atoms with van der Waals surface area (Å²) in [5, 5.41) is 13.5. The molecule has 13 aromatic rings. The van der Waals surface area contributed by atoms with Gasteiger partial charge in [-0.2, -0.15) is 0 Å². The fourth-order valence-corrected chi connectivity index (χ4v) is 10.3. The zero-order valence-corrected chi connectivity index (χ0v) is 29.0. The number of hydrogen-bond acceptors (Lipinski definition) is 3. The van der Waals surface area contributed by atoms with Gasteiger partial charge >= 0.3 is 0 Å². The van der Waals surface area contributed by atoms with E-state index in [0.717, 1.165) is 37.9 Å². The molecule has 0 atom stereocenters. The predicted molar refractivity (Wildman–Crippen MR) is 224 cm³/mol. The minimum absolute atomic E-state index is 0.680. The lowest BCUT2D eigenvalue weighted by Crippen LogP contribution is -2.02. The van der Waals surface area contributed by atoms with E-state index in [1.165, 1.54) is 75.1 Å². The van der Waals surface area contributed by atoms with Gasteiger partial charge in [-0.05, 0) is 52.6 Å². The Morgan fingerprint density at radius 2 is 1.08 bits per heavy atom. The normalized spacial score (nSPS) is 12.5. The van der Waals surface area contributed by atoms with Crippen LogP contribution in [0.1, 0.15) is 0 Å². The van der Waals surface area contributed by atoms with E-state index in [1.807, 2.05) is 0 Å². The van der Waals surface area contributed by atoms with E-state index in [0.29, 0.717) is 5.95 Å². The zero-order chi connectivity index (χ0) is 34.4. The van der Waals surface area contributed by atoms with Crippen molar-refractivity contribution in [2.75, 3.05) is 0 Å². The number of benzene rings is 8. The lowest BCUT2D eigenvalue weighted by molar-refractivity contribution is 1.02. The van der Waals surface area contributed by atoms with Crippen LogP contribution in [0.25, 0.3) is 119 Å². The lowest BCUT2D eigenvalue weighted by Gasteiger charge is -2.11. The van der Waals surface area contributed by atoms with Crippen molar-refractivity contribution >= 4 is 113 Å². The first-order chi connectivity index (χ1) is 26.3. The van der Waals surface area contributed by atoms with Gasteiger partial charge in [0, 0.05) is 53.4 Å². The van der Waals surface area contributed by atoms with Crippen LogP contribution >= 0.6 is 11.3 Å². The zero-order valence-electron chi connectivity index (χ0n) is 28.2. The first-order valence-corrected chi connectivity index (χ1v) is 18.8. The molecule has 5 heterocycles. The highest BCUT2D eigenvalue weighted by Crippen LogP contribution is 2.44. The molecule has 0 aliphatic carbocycles. The first-order valence-electron chi connectivity index (χ1n) is 18.0. The molecule has 0 N–H and O–H groups in total. The van der Waals surface area contributed by atoms with Gasteiger partial charge in [-0.1, -0.05) is 121 Å². The molecule has 0 unspecified atom stereocenters. The molecule has 5 aromatic heterocycles. The molecule has 0 amide bonds. The molecule has 244 valence electrons. The number of fused-ring (bicyclic) bond motifs is 15. The van der Waals surface area contributed by atoms with Crippen LogP contribution in [0.2, 0.25) is 0 Å². The Labute approximate surface area is 305 Å². The van der Waals surface area contributed by atoms with Crippen LogP contribution < -0.4 is 0 Å². The quantitative estimate of drug-likeness (QED) is 0.181. The Morgan fingerprint density at radius 3 is 1.96 bits per heavy atom. The van der Waals surface area contributed by atoms with Crippen LogP contribution in [0.5, 0.6) is 0 Å². The minimum atomic E-state index is 0.680. The van der Waals surface area contributed by atoms with Gasteiger partial charge in [0.2, 0.25) is 5.95 Å². The van der Waals surface area contributed by atoms with Crippen molar-refractivity contribution in [3.63, 3.8) is 0 Å². The summed E-state index contributed by atoms with van der Waals surface area (Å²) in [6.45, 7) is 0. The van der Waals surface area contributed by atoms with Crippen molar-refractivity contribution in [1.29, 1.82) is 0 Å². The fourth-order valence-electron chi connectivity index (χ4n) is 9.13. The summed E-state index contributed by atoms with van der Waals surface area (Å²) >= 11 is 1.77. The molecule has 0 saturated carbocycles. The number of nitrogens with zero attached hydrogens (tertiary/aromatic N) is 4. The summed E-state index contributed by atoms with van der Waals surface area (Å²) in [6.07, 6.45) is 0. The van der Waals surface area contributed by atoms with Crippen molar-refractivity contribution in [2.24, 2.45) is 0 Å². The van der Waals surface area contributed by atoms with Crippen molar-refractivity contribution in [2.45, 2.75) is 0 Å². The Morgan fingerprint density at radius 1 is 0.415 bits per heavy atom. The van der Waals surface area contributed by atoms with Gasteiger partial charge in [0.05, 0.1) is 43.5 Å². The summed E-state index contributed by atoms with van der Waals surface area (Å²) in [5.41, 5.74) is 8.99. The fraction of sp³-hybridized carbons (Fsp3) is 0. The second-order valence-electron chi connectivity index (χ2n) is 14.2. The Hall–Kier alpha value is -6.82. The average Bonchev–Trinajstić information content (AvgIpc) is 3.95. The van der Waals surface area contributed by atoms with Gasteiger partial charge in [0.1, 0.15) is 0 Å². The SMILES string of the molecule is c1ccc2cc(-c3nc(-n4c5ccccc5c5cc6ccc7c8cccc9c%10ccccc%10n(c7c6cc54)c98)nc4c3sc3ccccc34)ccc2c1. The Bertz CT molecular complexity index is 3700. The highest BCUT2D eigenvalue weighted by molar-refractivity contribution is 7.26. The molecular weight excluding hydrogens is 665 g/mol. The van der Waals surface area contributed by atoms with E-state index in [9.17, 15) is 0 Å². The summed E-state index contributed by atoms with van der Waals surface area (Å²) in [5.74, 6) is 0.680. The average molecular weight is 691 g/mol. The van der Waals surface area contributed by atoms with Crippen LogP contribution in [0, 0.1) is 0 Å². The standard InChI is InChI=1S/C48H26N4S/c1-2-11-28-24-30(21-20-27(28)10-1)43-47-44(36-14-5-8-19-42(36)53-47)50-48(49-43)51-39-17-6-4-13-32(39)38-25-29-22-23-35-34-16-9-15-33-31-12-3-7-18-40(31)52(45(33)34)46(35)37(29)26-41(38)51/h1-26H. The molecule has 0 radical (unpaired) electrons. The van der Waals surface area contributed by atoms with Crippen LogP contribution in [0.4, 0.5) is 0 Å². The molecule has 53 heavy (non-hydrogen) atoms. The first kappa shape index (κ1) is 27.8. The number of rotatable bonds is 2. The smallest absolute Gasteiger partial charge is 0.235 e. The van der Waals surface area contributed by atoms with Crippen molar-refractivity contribution in [1.82, 2.24) is 18.9 Å². The number of aromatic nitrogens is 4. The maximum absolute atomic E-state index is 5.52. The monoisotopic (exact) mass is 690 g/mol. The third-order valence-electron chi connectivity index (χ3n) is 11.4. The molecule has 0 saturated heterocycles. The molecule has 8 aromatic carbocycles. The Balaban J connectivity index is 1.19. The Kier molecular flexibility index (Phi) is 5.22. The molecule has 0 aliphatic heterocycles. The van der Waals surface area contributed by atoms with Gasteiger partial charge in [-0.25, -0.2) is 9.97 Å². The minimum Gasteiger partial charge on any atom is -0.307 e. The summed E-state index contributed by atoms with van der Waals surface area (Å²) < 4.78 is 7.11. The number of hydrogen-bond donors (Lipinski definition) is 0. The van der Waals surface area contributed by atoms with Crippen molar-refractivity contribution < 1.29 is 0 Å². The maximum Gasteiger partial charge on any atom is 0.235 e. The van der Waals surface area contributed by atoms with Crippen LogP contribution in [-0.2, 0) is 0 Å². The molecule has 0 bridgehead atoms. The summed E-state index contributed by atoms with van der Waals surface area (Å²) in [7, 11) is 0. The highest BCUT2D eigenvalue weighted by atomic mass is 32.1. The molecular formula is C48H26N4S. The van der Waals surface area contributed by atoms with Gasteiger partial charge in [0.15, 0.2) is 0 Å². The second-order valence-corrected chi connectivity index (χ2v) is 15.2. The van der Waals surface area contributed by atoms with Gasteiger partial charge in [-0.15, -0.1) is 11.3 Å². The van der Waals surface area contributed by atoms with Crippen LogP contribution in [0.15, 0.2) is 158 Å². The van der Waals surface area contributed by atoms with Crippen molar-refractivity contribution in [3.05, 3.63) is 158 Å². The van der Waals surface area contributed by atoms with E-state index >= 15 is 0 Å². The summed E-state index contributed by atoms with van der Waals surface area (Å²) in [4.78, 5) is 11.0. The third kappa shape index (κ3) is 3.59. The van der Waals surface area contributed by atoms with E-state index in [2.05, 4.69) is 167 Å². The maximum atomic E-state index is 5.52. The highest BCUT2D eigenvalue weighted by Gasteiger charge is 2.23. The van der Waals surface area contributed by atoms with Crippen molar-refractivity contribution in [3.8, 4) is 17.2 Å². The van der Waals surface area contributed by atoms with Crippen LogP contribution in [0.3, 0.4) is 0 Å². The third-order valence-corrected chi connectivity index (χ3v) is 12.6. The van der Waals surface area contributed by atoms with E-state index in [1.54, 1.807) is 11.3 Å². The van der Waals surface area contributed by atoms with E-state index < -0.39 is 0 Å². The molecule has 0 fully saturated rings. The molecule has 0 spiro atoms. The number of para-hydroxylation sites is 3. The second kappa shape index (κ2) is 9.94. The van der Waals surface area contributed by atoms with E-state index in [-0.39, 0.29) is 0 Å². The largest absolute Gasteiger partial charge is 0.307 e. The molecule has 5 heteroatoms. The molecule has 0 aliphatic rings. The lowest BCUT2D eigenvalue weighted by atomic mass is 10.0. The predicted octanol–water partition coefficient (Wildman–Crippen LogP) is 13.1. The number of thiophene rings is 1. The topological polar surface area (TPSA) is 35.1 Å². The molecule has 4 nitrogen and oxygen atoms in total. The van der Waals surface area contributed by atoms with Gasteiger partial charge in [0.25, 0.3) is 0 Å². The van der Waals surface area contributed by atoms with Gasteiger partial charge in [-0.3, -0.25) is 4.57 Å². The van der Waals surface area contributed by atoms with E-state index in [4.69, 9.17) is 9.97 Å².